The number of halogens is 1. The SMILES string of the molecule is CCc1cc(C(=O)N2CCCC(CBr)C2)n(CC)n1. The molecule has 0 radical (unpaired) electrons. The molecule has 1 aliphatic rings. The summed E-state index contributed by atoms with van der Waals surface area (Å²) in [5.74, 6) is 0.723. The minimum absolute atomic E-state index is 0.139. The first-order valence-corrected chi connectivity index (χ1v) is 8.23. The van der Waals surface area contributed by atoms with Crippen LogP contribution < -0.4 is 0 Å². The summed E-state index contributed by atoms with van der Waals surface area (Å²) in [6, 6.07) is 1.95. The molecule has 1 aromatic rings. The molecule has 1 saturated heterocycles. The summed E-state index contributed by atoms with van der Waals surface area (Å²) < 4.78 is 1.83. The van der Waals surface area contributed by atoms with Gasteiger partial charge in [-0.3, -0.25) is 9.48 Å². The number of alkyl halides is 1. The number of aromatic nitrogens is 2. The summed E-state index contributed by atoms with van der Waals surface area (Å²) in [5.41, 5.74) is 1.74. The molecule has 0 aliphatic carbocycles. The second-order valence-corrected chi connectivity index (χ2v) is 5.75. The normalized spacial score (nSPS) is 19.7. The van der Waals surface area contributed by atoms with E-state index in [1.165, 1.54) is 6.42 Å². The summed E-state index contributed by atoms with van der Waals surface area (Å²) in [5, 5.41) is 5.44. The van der Waals surface area contributed by atoms with E-state index in [1.54, 1.807) is 0 Å². The predicted molar refractivity (Wildman–Crippen MR) is 79.7 cm³/mol. The van der Waals surface area contributed by atoms with Gasteiger partial charge in [-0.05, 0) is 38.2 Å². The van der Waals surface area contributed by atoms with Gasteiger partial charge in [-0.1, -0.05) is 22.9 Å². The van der Waals surface area contributed by atoms with Gasteiger partial charge in [0, 0.05) is 25.0 Å². The van der Waals surface area contributed by atoms with Crippen molar-refractivity contribution in [2.24, 2.45) is 5.92 Å². The molecule has 1 unspecified atom stereocenters. The Hall–Kier alpha value is -0.840. The van der Waals surface area contributed by atoms with Crippen LogP contribution in [0.25, 0.3) is 0 Å². The van der Waals surface area contributed by atoms with Crippen molar-refractivity contribution >= 4 is 21.8 Å². The molecule has 1 amide bonds. The Labute approximate surface area is 123 Å². The number of amides is 1. The summed E-state index contributed by atoms with van der Waals surface area (Å²) >= 11 is 3.53. The molecule has 106 valence electrons. The van der Waals surface area contributed by atoms with E-state index in [-0.39, 0.29) is 5.91 Å². The van der Waals surface area contributed by atoms with Crippen LogP contribution in [0.2, 0.25) is 0 Å². The van der Waals surface area contributed by atoms with Crippen molar-refractivity contribution in [3.8, 4) is 0 Å². The van der Waals surface area contributed by atoms with E-state index in [9.17, 15) is 4.79 Å². The van der Waals surface area contributed by atoms with E-state index in [0.717, 1.165) is 49.2 Å². The molecule has 0 bridgehead atoms. The highest BCUT2D eigenvalue weighted by atomic mass is 79.9. The zero-order valence-electron chi connectivity index (χ0n) is 11.7. The Kier molecular flexibility index (Phi) is 5.02. The van der Waals surface area contributed by atoms with Crippen LogP contribution in [0.1, 0.15) is 42.9 Å². The molecule has 5 heteroatoms. The fourth-order valence-corrected chi connectivity index (χ4v) is 3.12. The maximum atomic E-state index is 12.6. The number of carbonyl (C=O) groups excluding carboxylic acids is 1. The third kappa shape index (κ3) is 3.19. The molecule has 0 spiro atoms. The highest BCUT2D eigenvalue weighted by molar-refractivity contribution is 9.09. The van der Waals surface area contributed by atoms with Crippen LogP contribution in [-0.2, 0) is 13.0 Å². The second-order valence-electron chi connectivity index (χ2n) is 5.10. The Bertz CT molecular complexity index is 444. The molecular formula is C14H22BrN3O. The Morgan fingerprint density at radius 2 is 2.32 bits per heavy atom. The van der Waals surface area contributed by atoms with Crippen LogP contribution >= 0.6 is 15.9 Å². The molecule has 1 aliphatic heterocycles. The van der Waals surface area contributed by atoms with Gasteiger partial charge in [-0.15, -0.1) is 0 Å². The Morgan fingerprint density at radius 3 is 2.95 bits per heavy atom. The summed E-state index contributed by atoms with van der Waals surface area (Å²) in [6.45, 7) is 6.58. The smallest absolute Gasteiger partial charge is 0.272 e. The maximum Gasteiger partial charge on any atom is 0.272 e. The van der Waals surface area contributed by atoms with Gasteiger partial charge in [0.15, 0.2) is 0 Å². The molecule has 1 aromatic heterocycles. The number of likely N-dealkylation sites (tertiary alicyclic amines) is 1. The average Bonchev–Trinajstić information content (AvgIpc) is 2.89. The third-order valence-electron chi connectivity index (χ3n) is 3.74. The highest BCUT2D eigenvalue weighted by Crippen LogP contribution is 2.20. The number of rotatable bonds is 4. The third-order valence-corrected chi connectivity index (χ3v) is 4.65. The van der Waals surface area contributed by atoms with E-state index >= 15 is 0 Å². The van der Waals surface area contributed by atoms with Crippen LogP contribution in [0.3, 0.4) is 0 Å². The molecule has 1 fully saturated rings. The lowest BCUT2D eigenvalue weighted by Crippen LogP contribution is -2.41. The first-order valence-electron chi connectivity index (χ1n) is 7.11. The maximum absolute atomic E-state index is 12.6. The van der Waals surface area contributed by atoms with E-state index in [0.29, 0.717) is 5.92 Å². The molecule has 0 N–H and O–H groups in total. The van der Waals surface area contributed by atoms with Gasteiger partial charge >= 0.3 is 0 Å². The monoisotopic (exact) mass is 327 g/mol. The van der Waals surface area contributed by atoms with Gasteiger partial charge in [0.2, 0.25) is 0 Å². The minimum Gasteiger partial charge on any atom is -0.337 e. The summed E-state index contributed by atoms with van der Waals surface area (Å²) in [4.78, 5) is 14.6. The van der Waals surface area contributed by atoms with E-state index in [4.69, 9.17) is 0 Å². The summed E-state index contributed by atoms with van der Waals surface area (Å²) in [6.07, 6.45) is 3.18. The zero-order valence-corrected chi connectivity index (χ0v) is 13.3. The van der Waals surface area contributed by atoms with Gasteiger partial charge in [-0.25, -0.2) is 0 Å². The lowest BCUT2D eigenvalue weighted by atomic mass is 10.00. The van der Waals surface area contributed by atoms with Crippen LogP contribution in [0.4, 0.5) is 0 Å². The molecule has 2 rings (SSSR count). The lowest BCUT2D eigenvalue weighted by molar-refractivity contribution is 0.0673. The molecule has 4 nitrogen and oxygen atoms in total. The molecule has 19 heavy (non-hydrogen) atoms. The summed E-state index contributed by atoms with van der Waals surface area (Å²) in [7, 11) is 0. The van der Waals surface area contributed by atoms with Crippen LogP contribution in [0.5, 0.6) is 0 Å². The molecule has 2 heterocycles. The van der Waals surface area contributed by atoms with Gasteiger partial charge in [0.25, 0.3) is 5.91 Å². The first-order chi connectivity index (χ1) is 9.19. The van der Waals surface area contributed by atoms with Crippen molar-refractivity contribution in [3.63, 3.8) is 0 Å². The molecule has 0 saturated carbocycles. The number of hydrogen-bond acceptors (Lipinski definition) is 2. The zero-order chi connectivity index (χ0) is 13.8. The topological polar surface area (TPSA) is 38.1 Å². The van der Waals surface area contributed by atoms with Crippen LogP contribution in [0, 0.1) is 5.92 Å². The van der Waals surface area contributed by atoms with Crippen LogP contribution in [0.15, 0.2) is 6.07 Å². The van der Waals surface area contributed by atoms with E-state index in [2.05, 4.69) is 28.0 Å². The quantitative estimate of drug-likeness (QED) is 0.797. The highest BCUT2D eigenvalue weighted by Gasteiger charge is 2.26. The molecule has 1 atom stereocenters. The first kappa shape index (κ1) is 14.6. The lowest BCUT2D eigenvalue weighted by Gasteiger charge is -2.31. The number of piperidine rings is 1. The standard InChI is InChI=1S/C14H22BrN3O/c1-3-12-8-13(18(4-2)16-12)14(19)17-7-5-6-11(9-15)10-17/h8,11H,3-7,9-10H2,1-2H3. The fourth-order valence-electron chi connectivity index (χ4n) is 2.59. The van der Waals surface area contributed by atoms with Crippen molar-refractivity contribution in [3.05, 3.63) is 17.5 Å². The number of hydrogen-bond donors (Lipinski definition) is 0. The number of nitrogens with zero attached hydrogens (tertiary/aromatic N) is 3. The predicted octanol–water partition coefficient (Wildman–Crippen LogP) is 2.71. The van der Waals surface area contributed by atoms with Crippen molar-refractivity contribution in [1.82, 2.24) is 14.7 Å². The molecule has 0 aromatic carbocycles. The van der Waals surface area contributed by atoms with Crippen LogP contribution in [-0.4, -0.2) is 39.0 Å². The number of aryl methyl sites for hydroxylation is 2. The van der Waals surface area contributed by atoms with Gasteiger partial charge in [0.05, 0.1) is 5.69 Å². The van der Waals surface area contributed by atoms with Crippen molar-refractivity contribution in [2.45, 2.75) is 39.7 Å². The van der Waals surface area contributed by atoms with Gasteiger partial charge < -0.3 is 4.90 Å². The van der Waals surface area contributed by atoms with Crippen molar-refractivity contribution in [2.75, 3.05) is 18.4 Å². The Balaban J connectivity index is 2.16. The van der Waals surface area contributed by atoms with Gasteiger partial charge in [-0.2, -0.15) is 5.10 Å². The van der Waals surface area contributed by atoms with E-state index in [1.807, 2.05) is 22.6 Å². The number of carbonyl (C=O) groups is 1. The van der Waals surface area contributed by atoms with Crippen molar-refractivity contribution in [1.29, 1.82) is 0 Å². The molecular weight excluding hydrogens is 306 g/mol. The average molecular weight is 328 g/mol. The Morgan fingerprint density at radius 1 is 1.53 bits per heavy atom. The van der Waals surface area contributed by atoms with Gasteiger partial charge in [0.1, 0.15) is 5.69 Å². The largest absolute Gasteiger partial charge is 0.337 e. The van der Waals surface area contributed by atoms with E-state index < -0.39 is 0 Å². The second kappa shape index (κ2) is 6.55. The fraction of sp³-hybridized carbons (Fsp3) is 0.714. The minimum atomic E-state index is 0.139. The van der Waals surface area contributed by atoms with Crippen molar-refractivity contribution < 1.29 is 4.79 Å².